The summed E-state index contributed by atoms with van der Waals surface area (Å²) in [7, 11) is 0. The van der Waals surface area contributed by atoms with E-state index in [0.29, 0.717) is 6.47 Å². The van der Waals surface area contributed by atoms with Crippen LogP contribution in [0.5, 0.6) is 0 Å². The van der Waals surface area contributed by atoms with Crippen molar-refractivity contribution in [2.45, 2.75) is 19.3 Å². The Balaban J connectivity index is 1.92. The lowest BCUT2D eigenvalue weighted by molar-refractivity contribution is -0.125. The number of hydrogen-bond acceptors (Lipinski definition) is 3. The highest BCUT2D eigenvalue weighted by atomic mass is 16.5. The van der Waals surface area contributed by atoms with Crippen molar-refractivity contribution in [2.75, 3.05) is 18.0 Å². The number of carbonyl (C=O) groups excluding carboxylic acids is 1. The minimum absolute atomic E-state index is 0.407. The molecule has 1 aliphatic rings. The fourth-order valence-electron chi connectivity index (χ4n) is 2.18. The van der Waals surface area contributed by atoms with Gasteiger partial charge in [0.05, 0.1) is 0 Å². The second-order valence-electron chi connectivity index (χ2n) is 4.37. The third-order valence-electron chi connectivity index (χ3n) is 3.12. The molecule has 3 heteroatoms. The lowest BCUT2D eigenvalue weighted by Gasteiger charge is -2.28. The summed E-state index contributed by atoms with van der Waals surface area (Å²) in [5.74, 6) is 0. The molecule has 2 rings (SSSR count). The van der Waals surface area contributed by atoms with Gasteiger partial charge in [-0.3, -0.25) is 4.79 Å². The van der Waals surface area contributed by atoms with Gasteiger partial charge in [0.15, 0.2) is 6.61 Å². The Bertz CT molecular complexity index is 391. The highest BCUT2D eigenvalue weighted by Gasteiger charge is 2.09. The maximum absolute atomic E-state index is 9.94. The molecule has 1 fully saturated rings. The van der Waals surface area contributed by atoms with Gasteiger partial charge in [0.2, 0.25) is 0 Å². The molecule has 1 saturated heterocycles. The molecule has 1 aromatic rings. The Kier molecular flexibility index (Phi) is 4.82. The number of carbonyl (C=O) groups is 1. The first-order valence-corrected chi connectivity index (χ1v) is 6.34. The first-order chi connectivity index (χ1) is 8.90. The lowest BCUT2D eigenvalue weighted by Crippen LogP contribution is -2.29. The minimum atomic E-state index is 0.407. The van der Waals surface area contributed by atoms with E-state index < -0.39 is 0 Å². The number of rotatable bonds is 5. The summed E-state index contributed by atoms with van der Waals surface area (Å²) in [5.41, 5.74) is 2.39. The molecule has 3 nitrogen and oxygen atoms in total. The van der Waals surface area contributed by atoms with Gasteiger partial charge in [0.25, 0.3) is 6.47 Å². The van der Waals surface area contributed by atoms with Crippen LogP contribution in [0.3, 0.4) is 0 Å². The first kappa shape index (κ1) is 12.7. The second kappa shape index (κ2) is 6.84. The predicted molar refractivity (Wildman–Crippen MR) is 73.0 cm³/mol. The zero-order valence-corrected chi connectivity index (χ0v) is 10.4. The molecule has 18 heavy (non-hydrogen) atoms. The summed E-state index contributed by atoms with van der Waals surface area (Å²) in [6.45, 7) is 4.10. The van der Waals surface area contributed by atoms with E-state index in [-0.39, 0.29) is 0 Å². The molecule has 0 aromatic heterocycles. The Morgan fingerprint density at radius 1 is 1.06 bits per heavy atom. The first-order valence-electron chi connectivity index (χ1n) is 6.34. The zero-order valence-electron chi connectivity index (χ0n) is 10.4. The van der Waals surface area contributed by atoms with Gasteiger partial charge in [-0.05, 0) is 43.0 Å². The summed E-state index contributed by atoms with van der Waals surface area (Å²) >= 11 is 0. The van der Waals surface area contributed by atoms with E-state index >= 15 is 0 Å². The molecule has 1 radical (unpaired) electrons. The highest BCUT2D eigenvalue weighted by Crippen LogP contribution is 2.20. The quantitative estimate of drug-likeness (QED) is 0.589. The number of hydrogen-bond donors (Lipinski definition) is 0. The molecule has 1 heterocycles. The van der Waals surface area contributed by atoms with Crippen LogP contribution in [0.1, 0.15) is 24.8 Å². The van der Waals surface area contributed by atoms with Crippen molar-refractivity contribution < 1.29 is 9.53 Å². The SMILES string of the molecule is O=CO[CH]/C=C/c1ccc(N2CCCCC2)cc1. The number of benzene rings is 1. The summed E-state index contributed by atoms with van der Waals surface area (Å²) in [5, 5.41) is 0. The van der Waals surface area contributed by atoms with Crippen LogP contribution < -0.4 is 4.90 Å². The van der Waals surface area contributed by atoms with E-state index in [2.05, 4.69) is 33.9 Å². The Morgan fingerprint density at radius 3 is 2.44 bits per heavy atom. The van der Waals surface area contributed by atoms with E-state index in [9.17, 15) is 4.79 Å². The van der Waals surface area contributed by atoms with Crippen molar-refractivity contribution >= 4 is 18.2 Å². The lowest BCUT2D eigenvalue weighted by atomic mass is 10.1. The Morgan fingerprint density at radius 2 is 1.78 bits per heavy atom. The van der Waals surface area contributed by atoms with Crippen LogP contribution in [-0.4, -0.2) is 19.6 Å². The van der Waals surface area contributed by atoms with Crippen molar-refractivity contribution in [1.29, 1.82) is 0 Å². The Labute approximate surface area is 108 Å². The van der Waals surface area contributed by atoms with Crippen LogP contribution in [0.2, 0.25) is 0 Å². The van der Waals surface area contributed by atoms with E-state index in [4.69, 9.17) is 0 Å². The van der Waals surface area contributed by atoms with Crippen molar-refractivity contribution in [1.82, 2.24) is 0 Å². The second-order valence-corrected chi connectivity index (χ2v) is 4.37. The Hall–Kier alpha value is -1.77. The molecule has 0 spiro atoms. The van der Waals surface area contributed by atoms with Gasteiger partial charge in [-0.25, -0.2) is 0 Å². The van der Waals surface area contributed by atoms with Crippen LogP contribution in [-0.2, 0) is 9.53 Å². The summed E-state index contributed by atoms with van der Waals surface area (Å²) in [6, 6.07) is 8.45. The van der Waals surface area contributed by atoms with Crippen LogP contribution in [0.4, 0.5) is 5.69 Å². The van der Waals surface area contributed by atoms with Gasteiger partial charge in [-0.2, -0.15) is 0 Å². The molecule has 0 aliphatic carbocycles. The van der Waals surface area contributed by atoms with E-state index in [1.807, 2.05) is 6.08 Å². The number of anilines is 1. The fourth-order valence-corrected chi connectivity index (χ4v) is 2.18. The third-order valence-corrected chi connectivity index (χ3v) is 3.12. The largest absolute Gasteiger partial charge is 0.456 e. The zero-order chi connectivity index (χ0) is 12.6. The number of piperidine rings is 1. The summed E-state index contributed by atoms with van der Waals surface area (Å²) < 4.78 is 4.47. The van der Waals surface area contributed by atoms with Gasteiger partial charge in [0.1, 0.15) is 0 Å². The van der Waals surface area contributed by atoms with E-state index in [1.54, 1.807) is 6.08 Å². The summed E-state index contributed by atoms with van der Waals surface area (Å²) in [4.78, 5) is 12.4. The van der Waals surface area contributed by atoms with Gasteiger partial charge >= 0.3 is 0 Å². The van der Waals surface area contributed by atoms with Crippen molar-refractivity contribution in [2.24, 2.45) is 0 Å². The molecule has 0 bridgehead atoms. The molecule has 1 aliphatic heterocycles. The topological polar surface area (TPSA) is 29.5 Å². The van der Waals surface area contributed by atoms with Crippen molar-refractivity contribution in [3.63, 3.8) is 0 Å². The van der Waals surface area contributed by atoms with Gasteiger partial charge < -0.3 is 9.64 Å². The fraction of sp³-hybridized carbons (Fsp3) is 0.333. The van der Waals surface area contributed by atoms with Crippen molar-refractivity contribution in [3.8, 4) is 0 Å². The predicted octanol–water partition coefficient (Wildman–Crippen LogP) is 3.02. The van der Waals surface area contributed by atoms with E-state index in [1.165, 1.54) is 31.6 Å². The average Bonchev–Trinajstić information content (AvgIpc) is 2.45. The van der Waals surface area contributed by atoms with Crippen LogP contribution in [0, 0.1) is 6.61 Å². The third kappa shape index (κ3) is 3.62. The van der Waals surface area contributed by atoms with Crippen molar-refractivity contribution in [3.05, 3.63) is 42.5 Å². The smallest absolute Gasteiger partial charge is 0.293 e. The van der Waals surface area contributed by atoms with Gasteiger partial charge in [-0.15, -0.1) is 0 Å². The van der Waals surface area contributed by atoms with Crippen LogP contribution in [0.15, 0.2) is 30.3 Å². The molecular weight excluding hydrogens is 226 g/mol. The standard InChI is InChI=1S/C15H18NO2/c17-13-18-12-4-5-14-6-8-15(9-7-14)16-10-2-1-3-11-16/h4-9,12-13H,1-3,10-11H2/b5-4+. The van der Waals surface area contributed by atoms with Crippen LogP contribution in [0.25, 0.3) is 6.08 Å². The molecule has 0 saturated carbocycles. The minimum Gasteiger partial charge on any atom is -0.456 e. The molecule has 0 N–H and O–H groups in total. The highest BCUT2D eigenvalue weighted by molar-refractivity contribution is 5.56. The number of nitrogens with zero attached hydrogens (tertiary/aromatic N) is 1. The monoisotopic (exact) mass is 244 g/mol. The molecule has 1 aromatic carbocycles. The maximum Gasteiger partial charge on any atom is 0.293 e. The molecular formula is C15H18NO2. The van der Waals surface area contributed by atoms with Gasteiger partial charge in [-0.1, -0.05) is 18.2 Å². The molecule has 0 atom stereocenters. The molecule has 0 amide bonds. The maximum atomic E-state index is 9.94. The van der Waals surface area contributed by atoms with Crippen LogP contribution >= 0.6 is 0 Å². The molecule has 0 unspecified atom stereocenters. The number of ether oxygens (including phenoxy) is 1. The normalized spacial score (nSPS) is 15.9. The summed E-state index contributed by atoms with van der Waals surface area (Å²) in [6.07, 6.45) is 7.55. The van der Waals surface area contributed by atoms with Gasteiger partial charge in [0, 0.05) is 18.8 Å². The molecule has 95 valence electrons. The van der Waals surface area contributed by atoms with E-state index in [0.717, 1.165) is 18.7 Å². The average molecular weight is 244 g/mol.